The average molecular weight is 306 g/mol. The number of nitrogens with one attached hydrogen (secondary N) is 1. The predicted molar refractivity (Wildman–Crippen MR) is 73.2 cm³/mol. The van der Waals surface area contributed by atoms with E-state index in [-0.39, 0.29) is 23.3 Å². The molecule has 22 heavy (non-hydrogen) atoms. The molecule has 0 fully saturated rings. The van der Waals surface area contributed by atoms with Crippen LogP contribution in [0.1, 0.15) is 11.3 Å². The largest absolute Gasteiger partial charge is 0.484 e. The zero-order valence-electron chi connectivity index (χ0n) is 11.1. The molecule has 0 bridgehead atoms. The molecule has 0 saturated heterocycles. The molecule has 0 aliphatic carbocycles. The Balaban J connectivity index is 2.15. The van der Waals surface area contributed by atoms with Gasteiger partial charge in [-0.25, -0.2) is 0 Å². The third-order valence-corrected chi connectivity index (χ3v) is 3.70. The molecule has 2 aromatic heterocycles. The van der Waals surface area contributed by atoms with Crippen molar-refractivity contribution >= 4 is 10.9 Å². The van der Waals surface area contributed by atoms with Crippen LogP contribution in [0.25, 0.3) is 16.6 Å². The summed E-state index contributed by atoms with van der Waals surface area (Å²) >= 11 is 0. The second kappa shape index (κ2) is 4.16. The highest BCUT2D eigenvalue weighted by molar-refractivity contribution is 5.92. The van der Waals surface area contributed by atoms with Gasteiger partial charge in [0.1, 0.15) is 6.61 Å². The minimum Gasteiger partial charge on any atom is -0.484 e. The first kappa shape index (κ1) is 13.0. The van der Waals surface area contributed by atoms with Gasteiger partial charge in [-0.2, -0.15) is 13.2 Å². The lowest BCUT2D eigenvalue weighted by Crippen LogP contribution is -2.17. The van der Waals surface area contributed by atoms with Crippen molar-refractivity contribution in [3.63, 3.8) is 0 Å². The summed E-state index contributed by atoms with van der Waals surface area (Å²) in [5, 5.41) is -0.121. The number of nitrogens with zero attached hydrogens (tertiary/aromatic N) is 1. The summed E-state index contributed by atoms with van der Waals surface area (Å²) in [6.07, 6.45) is -2.87. The molecule has 4 rings (SSSR count). The first-order valence-electron chi connectivity index (χ1n) is 6.52. The Morgan fingerprint density at radius 1 is 1.23 bits per heavy atom. The van der Waals surface area contributed by atoms with Crippen LogP contribution in [0.5, 0.6) is 5.75 Å². The van der Waals surface area contributed by atoms with E-state index in [4.69, 9.17) is 4.74 Å². The van der Waals surface area contributed by atoms with E-state index in [1.165, 1.54) is 6.07 Å². The van der Waals surface area contributed by atoms with Crippen LogP contribution in [0.4, 0.5) is 13.2 Å². The first-order chi connectivity index (χ1) is 10.4. The zero-order valence-corrected chi connectivity index (χ0v) is 11.1. The molecule has 0 unspecified atom stereocenters. The van der Waals surface area contributed by atoms with E-state index in [0.29, 0.717) is 11.8 Å². The highest BCUT2D eigenvalue weighted by Crippen LogP contribution is 2.42. The zero-order chi connectivity index (χ0) is 15.5. The van der Waals surface area contributed by atoms with E-state index in [2.05, 4.69) is 4.98 Å². The minimum atomic E-state index is -4.64. The van der Waals surface area contributed by atoms with Crippen LogP contribution in [-0.2, 0) is 12.8 Å². The Hall–Kier alpha value is -2.70. The topological polar surface area (TPSA) is 47.0 Å². The van der Waals surface area contributed by atoms with Gasteiger partial charge in [0.25, 0.3) is 0 Å². The van der Waals surface area contributed by atoms with Crippen molar-refractivity contribution in [3.05, 3.63) is 58.1 Å². The minimum absolute atomic E-state index is 0.106. The molecule has 1 N–H and O–H groups in total. The third kappa shape index (κ3) is 1.75. The Morgan fingerprint density at radius 3 is 2.82 bits per heavy atom. The number of hydrogen-bond acceptors (Lipinski definition) is 2. The lowest BCUT2D eigenvalue weighted by Gasteiger charge is -2.23. The van der Waals surface area contributed by atoms with Crippen molar-refractivity contribution in [1.82, 2.24) is 9.55 Å². The molecule has 0 amide bonds. The Bertz CT molecular complexity index is 954. The Kier molecular flexibility index (Phi) is 2.46. The van der Waals surface area contributed by atoms with E-state index in [9.17, 15) is 18.0 Å². The molecule has 3 aromatic rings. The van der Waals surface area contributed by atoms with Gasteiger partial charge in [0.05, 0.1) is 27.8 Å². The van der Waals surface area contributed by atoms with Gasteiger partial charge >= 0.3 is 6.18 Å². The van der Waals surface area contributed by atoms with Gasteiger partial charge in [-0.15, -0.1) is 0 Å². The van der Waals surface area contributed by atoms with Gasteiger partial charge in [-0.05, 0) is 24.3 Å². The van der Waals surface area contributed by atoms with Crippen LogP contribution in [0, 0.1) is 0 Å². The van der Waals surface area contributed by atoms with Crippen molar-refractivity contribution in [1.29, 1.82) is 0 Å². The van der Waals surface area contributed by atoms with Crippen LogP contribution >= 0.6 is 0 Å². The molecule has 7 heteroatoms. The van der Waals surface area contributed by atoms with Crippen LogP contribution in [0.15, 0.2) is 41.3 Å². The molecule has 1 aromatic carbocycles. The Morgan fingerprint density at radius 2 is 2.05 bits per heavy atom. The molecule has 1 aliphatic heterocycles. The fourth-order valence-electron chi connectivity index (χ4n) is 2.79. The molecule has 0 spiro atoms. The van der Waals surface area contributed by atoms with E-state index in [1.807, 2.05) is 6.07 Å². The van der Waals surface area contributed by atoms with Crippen molar-refractivity contribution in [2.24, 2.45) is 0 Å². The normalized spacial score (nSPS) is 13.6. The number of hydrogen-bond donors (Lipinski definition) is 1. The van der Waals surface area contributed by atoms with Gasteiger partial charge in [0.15, 0.2) is 5.75 Å². The number of pyridine rings is 1. The summed E-state index contributed by atoms with van der Waals surface area (Å²) in [7, 11) is 0. The number of alkyl halides is 3. The molecule has 3 heterocycles. The summed E-state index contributed by atoms with van der Waals surface area (Å²) in [5.74, 6) is 0.129. The van der Waals surface area contributed by atoms with E-state index < -0.39 is 17.3 Å². The average Bonchev–Trinajstić information content (AvgIpc) is 2.93. The smallest absolute Gasteiger partial charge is 0.417 e. The number of H-pyrrole nitrogens is 1. The number of ether oxygens (including phenoxy) is 1. The van der Waals surface area contributed by atoms with Crippen molar-refractivity contribution in [2.45, 2.75) is 12.8 Å². The lowest BCUT2D eigenvalue weighted by atomic mass is 10.1. The SMILES string of the molecule is O=c1cc(C(F)(F)F)c2c3c(ccc2[nH]1)-n1cccc1CO3. The second-order valence-corrected chi connectivity index (χ2v) is 5.04. The predicted octanol–water partition coefficient (Wildman–Crippen LogP) is 3.23. The van der Waals surface area contributed by atoms with E-state index >= 15 is 0 Å². The molecular weight excluding hydrogens is 297 g/mol. The maximum Gasteiger partial charge on any atom is 0.417 e. The summed E-state index contributed by atoms with van der Waals surface area (Å²) in [6, 6.07) is 7.30. The summed E-state index contributed by atoms with van der Waals surface area (Å²) in [6.45, 7) is 0.176. The maximum absolute atomic E-state index is 13.3. The second-order valence-electron chi connectivity index (χ2n) is 5.04. The highest BCUT2D eigenvalue weighted by Gasteiger charge is 2.35. The van der Waals surface area contributed by atoms with Gasteiger partial charge in [-0.3, -0.25) is 4.79 Å². The van der Waals surface area contributed by atoms with Crippen molar-refractivity contribution in [3.8, 4) is 11.4 Å². The number of halogens is 3. The van der Waals surface area contributed by atoms with Gasteiger partial charge in [0, 0.05) is 12.3 Å². The molecular formula is C15H9F3N2O2. The summed E-state index contributed by atoms with van der Waals surface area (Å²) in [4.78, 5) is 13.9. The van der Waals surface area contributed by atoms with Crippen LogP contribution in [0.3, 0.4) is 0 Å². The molecule has 0 atom stereocenters. The van der Waals surface area contributed by atoms with Crippen LogP contribution in [-0.4, -0.2) is 9.55 Å². The van der Waals surface area contributed by atoms with Crippen molar-refractivity contribution < 1.29 is 17.9 Å². The fraction of sp³-hybridized carbons (Fsp3) is 0.133. The number of aromatic amines is 1. The van der Waals surface area contributed by atoms with Crippen LogP contribution in [0.2, 0.25) is 0 Å². The van der Waals surface area contributed by atoms with E-state index in [1.54, 1.807) is 22.9 Å². The third-order valence-electron chi connectivity index (χ3n) is 3.70. The molecule has 112 valence electrons. The van der Waals surface area contributed by atoms with E-state index in [0.717, 1.165) is 5.69 Å². The fourth-order valence-corrected chi connectivity index (χ4v) is 2.79. The number of fused-ring (bicyclic) bond motifs is 5. The molecule has 1 aliphatic rings. The van der Waals surface area contributed by atoms with Gasteiger partial charge < -0.3 is 14.3 Å². The maximum atomic E-state index is 13.3. The van der Waals surface area contributed by atoms with Crippen molar-refractivity contribution in [2.75, 3.05) is 0 Å². The van der Waals surface area contributed by atoms with Gasteiger partial charge in [0.2, 0.25) is 5.56 Å². The van der Waals surface area contributed by atoms with Crippen LogP contribution < -0.4 is 10.3 Å². The number of rotatable bonds is 0. The van der Waals surface area contributed by atoms with Gasteiger partial charge in [-0.1, -0.05) is 0 Å². The highest BCUT2D eigenvalue weighted by atomic mass is 19.4. The molecule has 0 radical (unpaired) electrons. The molecule has 0 saturated carbocycles. The monoisotopic (exact) mass is 306 g/mol. The summed E-state index contributed by atoms with van der Waals surface area (Å²) in [5.41, 5.74) is -0.300. The number of benzene rings is 1. The Labute approximate surface area is 121 Å². The number of aromatic nitrogens is 2. The lowest BCUT2D eigenvalue weighted by molar-refractivity contribution is -0.136. The quantitative estimate of drug-likeness (QED) is 0.693. The standard InChI is InChI=1S/C15H9F3N2O2/c16-15(17,18)9-6-12(21)19-10-3-4-11-14(13(9)10)22-7-8-2-1-5-20(8)11/h1-6H,7H2,(H,19,21). The molecule has 4 nitrogen and oxygen atoms in total. The summed E-state index contributed by atoms with van der Waals surface area (Å²) < 4.78 is 47.2. The first-order valence-corrected chi connectivity index (χ1v) is 6.52.